The topological polar surface area (TPSA) is 55.8 Å². The molecule has 1 aromatic heterocycles. The first kappa shape index (κ1) is 21.0. The summed E-state index contributed by atoms with van der Waals surface area (Å²) in [4.78, 5) is 12.4. The van der Waals surface area contributed by atoms with Crippen LogP contribution in [0.15, 0.2) is 28.6 Å². The number of hydrogen-bond acceptors (Lipinski definition) is 5. The maximum Gasteiger partial charge on any atom is 0.191 e. The Morgan fingerprint density at radius 3 is 2.37 bits per heavy atom. The molecule has 0 saturated heterocycles. The van der Waals surface area contributed by atoms with Gasteiger partial charge in [0.1, 0.15) is 11.6 Å². The first-order valence-corrected chi connectivity index (χ1v) is 9.38. The molecule has 27 heavy (non-hydrogen) atoms. The van der Waals surface area contributed by atoms with Gasteiger partial charge in [-0.25, -0.2) is 13.8 Å². The van der Waals surface area contributed by atoms with E-state index in [4.69, 9.17) is 0 Å². The van der Waals surface area contributed by atoms with Crippen LogP contribution in [-0.4, -0.2) is 57.6 Å². The molecule has 0 saturated carbocycles. The van der Waals surface area contributed by atoms with Crippen LogP contribution in [0.1, 0.15) is 17.3 Å². The van der Waals surface area contributed by atoms with Crippen molar-refractivity contribution in [3.8, 4) is 0 Å². The van der Waals surface area contributed by atoms with Crippen LogP contribution in [0.2, 0.25) is 0 Å². The van der Waals surface area contributed by atoms with Crippen LogP contribution in [0.5, 0.6) is 0 Å². The molecule has 0 radical (unpaired) electrons. The second-order valence-electron chi connectivity index (χ2n) is 6.44. The van der Waals surface area contributed by atoms with E-state index >= 15 is 0 Å². The third-order valence-corrected chi connectivity index (χ3v) is 5.06. The Kier molecular flexibility index (Phi) is 7.49. The van der Waals surface area contributed by atoms with E-state index in [9.17, 15) is 8.78 Å². The molecular formula is C18H26F2N6S. The summed E-state index contributed by atoms with van der Waals surface area (Å²) in [7, 11) is 9.11. The van der Waals surface area contributed by atoms with E-state index in [2.05, 4.69) is 20.6 Å². The molecule has 0 amide bonds. The fraction of sp³-hybridized carbons (Fsp3) is 0.444. The minimum Gasteiger partial charge on any atom is -0.354 e. The second kappa shape index (κ2) is 9.61. The van der Waals surface area contributed by atoms with Crippen molar-refractivity contribution in [2.75, 3.05) is 46.7 Å². The molecule has 0 fully saturated rings. The monoisotopic (exact) mass is 396 g/mol. The number of benzene rings is 1. The van der Waals surface area contributed by atoms with E-state index in [1.165, 1.54) is 18.2 Å². The molecule has 9 heteroatoms. The van der Waals surface area contributed by atoms with Gasteiger partial charge in [-0.3, -0.25) is 4.99 Å². The molecule has 0 aliphatic carbocycles. The number of nitrogens with zero attached hydrogens (tertiary/aromatic N) is 4. The van der Waals surface area contributed by atoms with Crippen LogP contribution in [0.3, 0.4) is 0 Å². The number of likely N-dealkylation sites (N-methyl/N-ethyl adjacent to an activating group) is 1. The second-order valence-corrected chi connectivity index (χ2v) is 7.27. The number of nitrogens with one attached hydrogen (secondary N) is 2. The lowest BCUT2D eigenvalue weighted by atomic mass is 10.0. The summed E-state index contributed by atoms with van der Waals surface area (Å²) in [6.45, 7) is 0.801. The number of aliphatic imine (C=N–C) groups is 1. The summed E-state index contributed by atoms with van der Waals surface area (Å²) >= 11 is 1.56. The third-order valence-electron chi connectivity index (χ3n) is 4.00. The van der Waals surface area contributed by atoms with Crippen molar-refractivity contribution in [3.63, 3.8) is 0 Å². The molecule has 0 spiro atoms. The normalized spacial score (nSPS) is 13.0. The number of anilines is 1. The van der Waals surface area contributed by atoms with Crippen LogP contribution >= 0.6 is 11.3 Å². The average Bonchev–Trinajstić information content (AvgIpc) is 3.09. The quantitative estimate of drug-likeness (QED) is 0.556. The summed E-state index contributed by atoms with van der Waals surface area (Å²) in [5, 5.41) is 9.21. The maximum atomic E-state index is 14.2. The standard InChI is InChI=1S/C18H26F2N6S/c1-21-17(22-9-12-11-27-18(24-12)26(4)5)23-10-15(25(2)3)16-13(19)7-6-8-14(16)20/h6-8,11,15H,9-10H2,1-5H3,(H2,21,22,23). The predicted octanol–water partition coefficient (Wildman–Crippen LogP) is 2.46. The summed E-state index contributed by atoms with van der Waals surface area (Å²) in [5.74, 6) is -0.577. The third kappa shape index (κ3) is 5.61. The summed E-state index contributed by atoms with van der Waals surface area (Å²) in [6.07, 6.45) is 0. The smallest absolute Gasteiger partial charge is 0.191 e. The van der Waals surface area contributed by atoms with Crippen molar-refractivity contribution in [1.82, 2.24) is 20.5 Å². The first-order valence-electron chi connectivity index (χ1n) is 8.50. The molecule has 1 heterocycles. The number of halogens is 2. The van der Waals surface area contributed by atoms with Crippen LogP contribution in [0.25, 0.3) is 0 Å². The molecule has 1 atom stereocenters. The lowest BCUT2D eigenvalue weighted by Crippen LogP contribution is -2.41. The highest BCUT2D eigenvalue weighted by Crippen LogP contribution is 2.24. The molecule has 2 aromatic rings. The number of aromatic nitrogens is 1. The molecule has 0 aliphatic heterocycles. The molecule has 6 nitrogen and oxygen atoms in total. The molecule has 0 bridgehead atoms. The minimum atomic E-state index is -0.558. The van der Waals surface area contributed by atoms with Crippen molar-refractivity contribution in [3.05, 3.63) is 46.5 Å². The zero-order valence-electron chi connectivity index (χ0n) is 16.3. The van der Waals surface area contributed by atoms with E-state index in [1.54, 1.807) is 37.4 Å². The van der Waals surface area contributed by atoms with Crippen molar-refractivity contribution in [2.45, 2.75) is 12.6 Å². The van der Waals surface area contributed by atoms with Gasteiger partial charge in [0.25, 0.3) is 0 Å². The fourth-order valence-electron chi connectivity index (χ4n) is 2.54. The van der Waals surface area contributed by atoms with E-state index in [0.717, 1.165) is 10.8 Å². The molecular weight excluding hydrogens is 370 g/mol. The molecule has 2 N–H and O–H groups in total. The SMILES string of the molecule is CN=C(NCc1csc(N(C)C)n1)NCC(c1c(F)cccc1F)N(C)C. The Labute approximate surface area is 162 Å². The fourth-order valence-corrected chi connectivity index (χ4v) is 3.30. The Bertz CT molecular complexity index is 755. The lowest BCUT2D eigenvalue weighted by molar-refractivity contribution is 0.282. The number of guanidine groups is 1. The number of rotatable bonds is 7. The summed E-state index contributed by atoms with van der Waals surface area (Å²) < 4.78 is 28.3. The lowest BCUT2D eigenvalue weighted by Gasteiger charge is -2.26. The van der Waals surface area contributed by atoms with Gasteiger partial charge in [-0.1, -0.05) is 6.07 Å². The van der Waals surface area contributed by atoms with Crippen LogP contribution in [0.4, 0.5) is 13.9 Å². The maximum absolute atomic E-state index is 14.2. The van der Waals surface area contributed by atoms with Gasteiger partial charge in [-0.15, -0.1) is 11.3 Å². The highest BCUT2D eigenvalue weighted by atomic mass is 32.1. The molecule has 1 unspecified atom stereocenters. The van der Waals surface area contributed by atoms with Gasteiger partial charge >= 0.3 is 0 Å². The highest BCUT2D eigenvalue weighted by Gasteiger charge is 2.22. The number of hydrogen-bond donors (Lipinski definition) is 2. The van der Waals surface area contributed by atoms with Crippen molar-refractivity contribution in [2.24, 2.45) is 4.99 Å². The Balaban J connectivity index is 2.00. The van der Waals surface area contributed by atoms with Crippen molar-refractivity contribution < 1.29 is 8.78 Å². The molecule has 148 valence electrons. The molecule has 2 rings (SSSR count). The van der Waals surface area contributed by atoms with Crippen LogP contribution in [-0.2, 0) is 6.54 Å². The summed E-state index contributed by atoms with van der Waals surface area (Å²) in [5.41, 5.74) is 0.941. The van der Waals surface area contributed by atoms with Gasteiger partial charge in [-0.05, 0) is 26.2 Å². The summed E-state index contributed by atoms with van der Waals surface area (Å²) in [6, 6.07) is 3.42. The van der Waals surface area contributed by atoms with Gasteiger partial charge in [0.05, 0.1) is 18.3 Å². The number of thiazole rings is 1. The van der Waals surface area contributed by atoms with E-state index in [0.29, 0.717) is 19.0 Å². The molecule has 0 aliphatic rings. The van der Waals surface area contributed by atoms with Gasteiger partial charge < -0.3 is 20.4 Å². The van der Waals surface area contributed by atoms with Gasteiger partial charge in [0, 0.05) is 38.6 Å². The minimum absolute atomic E-state index is 0.0422. The van der Waals surface area contributed by atoms with Crippen LogP contribution < -0.4 is 15.5 Å². The van der Waals surface area contributed by atoms with Crippen molar-refractivity contribution >= 4 is 22.4 Å². The predicted molar refractivity (Wildman–Crippen MR) is 107 cm³/mol. The largest absolute Gasteiger partial charge is 0.354 e. The average molecular weight is 397 g/mol. The Morgan fingerprint density at radius 1 is 1.19 bits per heavy atom. The van der Waals surface area contributed by atoms with Crippen molar-refractivity contribution in [1.29, 1.82) is 0 Å². The van der Waals surface area contributed by atoms with Gasteiger partial charge in [-0.2, -0.15) is 0 Å². The Hall–Kier alpha value is -2.26. The zero-order valence-corrected chi connectivity index (χ0v) is 17.1. The molecule has 1 aromatic carbocycles. The Morgan fingerprint density at radius 2 is 1.85 bits per heavy atom. The van der Waals surface area contributed by atoms with E-state index in [1.807, 2.05) is 24.4 Å². The van der Waals surface area contributed by atoms with Gasteiger partial charge in [0.2, 0.25) is 0 Å². The first-order chi connectivity index (χ1) is 12.8. The van der Waals surface area contributed by atoms with Gasteiger partial charge in [0.15, 0.2) is 11.1 Å². The highest BCUT2D eigenvalue weighted by molar-refractivity contribution is 7.13. The van der Waals surface area contributed by atoms with E-state index in [-0.39, 0.29) is 5.56 Å². The van der Waals surface area contributed by atoms with E-state index < -0.39 is 17.7 Å². The van der Waals surface area contributed by atoms with Crippen LogP contribution in [0, 0.1) is 11.6 Å². The zero-order chi connectivity index (χ0) is 20.0.